The molecule has 0 heterocycles. The lowest BCUT2D eigenvalue weighted by Gasteiger charge is -2.19. The second-order valence-electron chi connectivity index (χ2n) is 8.12. The van der Waals surface area contributed by atoms with E-state index in [-0.39, 0.29) is 33.1 Å². The van der Waals surface area contributed by atoms with Crippen molar-refractivity contribution in [3.8, 4) is 0 Å². The van der Waals surface area contributed by atoms with Crippen molar-refractivity contribution in [1.29, 1.82) is 0 Å². The topological polar surface area (TPSA) is 231 Å². The fraction of sp³-hybridized carbons (Fsp3) is 0.450. The van der Waals surface area contributed by atoms with Crippen LogP contribution in [-0.4, -0.2) is 85.4 Å². The van der Waals surface area contributed by atoms with Crippen molar-refractivity contribution in [3.63, 3.8) is 0 Å². The summed E-state index contributed by atoms with van der Waals surface area (Å²) in [6.45, 7) is 3.42. The summed E-state index contributed by atoms with van der Waals surface area (Å²) in [4.78, 5) is 54.4. The second-order valence-corrected chi connectivity index (χ2v) is 9.35. The van der Waals surface area contributed by atoms with Crippen LogP contribution in [0.1, 0.15) is 43.5 Å². The van der Waals surface area contributed by atoms with Gasteiger partial charge in [0.05, 0.1) is 46.0 Å². The minimum Gasteiger partial charge on any atom is -0.481 e. The van der Waals surface area contributed by atoms with E-state index in [1.165, 1.54) is 12.1 Å². The van der Waals surface area contributed by atoms with Gasteiger partial charge in [0.2, 0.25) is 5.91 Å². The molecule has 1 aromatic rings. The normalized spacial score (nSPS) is 11.6. The molecule has 1 aromatic carbocycles. The van der Waals surface area contributed by atoms with Gasteiger partial charge in [-0.2, -0.15) is 0 Å². The van der Waals surface area contributed by atoms with Gasteiger partial charge in [0, 0.05) is 0 Å². The summed E-state index contributed by atoms with van der Waals surface area (Å²) in [7, 11) is -1.68. The number of carboxylic acids is 3. The molecule has 0 saturated carbocycles. The van der Waals surface area contributed by atoms with Gasteiger partial charge in [0.15, 0.2) is 5.60 Å². The molecule has 1 atom stereocenters. The smallest absolute Gasteiger partial charge is 0.475 e. The summed E-state index contributed by atoms with van der Waals surface area (Å²) in [5.41, 5.74) is -2.66. The van der Waals surface area contributed by atoms with Gasteiger partial charge in [-0.25, -0.2) is 4.79 Å². The maximum Gasteiger partial charge on any atom is 0.475 e. The van der Waals surface area contributed by atoms with Crippen LogP contribution in [-0.2, 0) is 19.2 Å². The van der Waals surface area contributed by atoms with Crippen LogP contribution in [0.4, 0.5) is 0 Å². The minimum atomic E-state index is -2.74. The van der Waals surface area contributed by atoms with Gasteiger partial charge >= 0.3 is 25.0 Å². The van der Waals surface area contributed by atoms with E-state index in [0.717, 1.165) is 0 Å². The number of hydrogen-bond acceptors (Lipinski definition) is 8. The molecule has 206 valence electrons. The molecule has 0 aliphatic heterocycles. The highest BCUT2D eigenvalue weighted by molar-refractivity contribution is 6.44. The number of rotatable bonds is 12. The van der Waals surface area contributed by atoms with Gasteiger partial charge in [-0.3, -0.25) is 19.2 Å². The molecule has 0 spiro atoms. The number of halogens is 3. The number of amides is 2. The van der Waals surface area contributed by atoms with E-state index in [0.29, 0.717) is 6.42 Å². The first-order chi connectivity index (χ1) is 16.9. The average Bonchev–Trinajstić information content (AvgIpc) is 2.73. The molecule has 0 aliphatic carbocycles. The van der Waals surface area contributed by atoms with Crippen molar-refractivity contribution in [3.05, 3.63) is 32.8 Å². The van der Waals surface area contributed by atoms with Crippen LogP contribution in [0.25, 0.3) is 0 Å². The fourth-order valence-corrected chi connectivity index (χ4v) is 3.32. The summed E-state index contributed by atoms with van der Waals surface area (Å²) in [5, 5.41) is 57.7. The van der Waals surface area contributed by atoms with Crippen LogP contribution >= 0.6 is 34.8 Å². The SMILES string of the molecule is CC(C)C[C@H](NC(=O)CNC(=O)c1cc(Cl)c(Cl)cc1Cl)B(O)O.O=C(O)CC(O)(CC(=O)O)C(=O)O. The Morgan fingerprint density at radius 3 is 1.81 bits per heavy atom. The number of benzene rings is 1. The molecule has 13 nitrogen and oxygen atoms in total. The van der Waals surface area contributed by atoms with Gasteiger partial charge < -0.3 is 41.1 Å². The molecule has 1 rings (SSSR count). The highest BCUT2D eigenvalue weighted by atomic mass is 35.5. The van der Waals surface area contributed by atoms with Crippen molar-refractivity contribution < 1.29 is 54.4 Å². The van der Waals surface area contributed by atoms with E-state index in [4.69, 9.17) is 55.2 Å². The van der Waals surface area contributed by atoms with Crippen LogP contribution < -0.4 is 10.6 Å². The Bertz CT molecular complexity index is 992. The van der Waals surface area contributed by atoms with Crippen LogP contribution in [0.3, 0.4) is 0 Å². The predicted molar refractivity (Wildman–Crippen MR) is 132 cm³/mol. The standard InChI is InChI=1S/C14H18BCl3N2O4.C6H8O7/c1-7(2)3-12(15(23)24)20-13(21)6-19-14(22)8-4-10(17)11(18)5-9(8)16;7-3(8)1-6(13,5(11)12)2-4(9)10/h4-5,7,12,23-24H,3,6H2,1-2H3,(H,19,22)(H,20,21);13H,1-2H2,(H,7,8)(H,9,10)(H,11,12)/t12-;/m0./s1. The Kier molecular flexibility index (Phi) is 14.5. The molecule has 2 amide bonds. The van der Waals surface area contributed by atoms with E-state index >= 15 is 0 Å². The zero-order valence-corrected chi connectivity index (χ0v) is 21.8. The van der Waals surface area contributed by atoms with E-state index < -0.39 is 61.2 Å². The van der Waals surface area contributed by atoms with Crippen LogP contribution in [0.5, 0.6) is 0 Å². The van der Waals surface area contributed by atoms with Crippen molar-refractivity contribution in [2.75, 3.05) is 6.54 Å². The lowest BCUT2D eigenvalue weighted by Crippen LogP contribution is -2.50. The summed E-state index contributed by atoms with van der Waals surface area (Å²) in [6, 6.07) is 2.64. The third kappa shape index (κ3) is 13.0. The average molecular weight is 588 g/mol. The fourth-order valence-electron chi connectivity index (χ4n) is 2.69. The Labute approximate surface area is 226 Å². The Balaban J connectivity index is 0.000000845. The number of aliphatic hydroxyl groups is 1. The summed E-state index contributed by atoms with van der Waals surface area (Å²) in [5.74, 6) is -6.84. The Morgan fingerprint density at radius 1 is 0.919 bits per heavy atom. The summed E-state index contributed by atoms with van der Waals surface area (Å²) < 4.78 is 0. The van der Waals surface area contributed by atoms with Gasteiger partial charge in [-0.05, 0) is 24.5 Å². The molecule has 0 bridgehead atoms. The molecule has 0 aromatic heterocycles. The maximum atomic E-state index is 12.1. The van der Waals surface area contributed by atoms with Gasteiger partial charge in [-0.15, -0.1) is 0 Å². The molecule has 37 heavy (non-hydrogen) atoms. The molecule has 8 N–H and O–H groups in total. The van der Waals surface area contributed by atoms with Crippen molar-refractivity contribution in [1.82, 2.24) is 10.6 Å². The monoisotopic (exact) mass is 586 g/mol. The quantitative estimate of drug-likeness (QED) is 0.125. The number of carbonyl (C=O) groups excluding carboxylic acids is 2. The van der Waals surface area contributed by atoms with E-state index in [1.54, 1.807) is 0 Å². The van der Waals surface area contributed by atoms with Crippen LogP contribution in [0.2, 0.25) is 15.1 Å². The molecular weight excluding hydrogens is 561 g/mol. The molecular formula is C20H26BCl3N2O11. The largest absolute Gasteiger partial charge is 0.481 e. The van der Waals surface area contributed by atoms with Crippen LogP contribution in [0.15, 0.2) is 12.1 Å². The predicted octanol–water partition coefficient (Wildman–Crippen LogP) is 0.671. The van der Waals surface area contributed by atoms with Crippen molar-refractivity contribution in [2.45, 2.75) is 44.7 Å². The van der Waals surface area contributed by atoms with Gasteiger partial charge in [-0.1, -0.05) is 48.7 Å². The van der Waals surface area contributed by atoms with Gasteiger partial charge in [0.25, 0.3) is 5.91 Å². The number of nitrogens with one attached hydrogen (secondary N) is 2. The zero-order valence-electron chi connectivity index (χ0n) is 19.6. The Morgan fingerprint density at radius 2 is 1.41 bits per heavy atom. The first kappa shape index (κ1) is 34.4. The second kappa shape index (κ2) is 15.6. The number of aliphatic carboxylic acids is 3. The molecule has 0 radical (unpaired) electrons. The minimum absolute atomic E-state index is 0.0831. The molecule has 0 unspecified atom stereocenters. The lowest BCUT2D eigenvalue weighted by atomic mass is 9.75. The summed E-state index contributed by atoms with van der Waals surface area (Å²) in [6.07, 6.45) is -1.90. The van der Waals surface area contributed by atoms with Crippen LogP contribution in [0, 0.1) is 5.92 Å². The first-order valence-corrected chi connectivity index (χ1v) is 11.5. The van der Waals surface area contributed by atoms with E-state index in [9.17, 15) is 34.0 Å². The molecule has 0 aliphatic rings. The Hall–Kier alpha value is -2.62. The zero-order chi connectivity index (χ0) is 29.1. The molecule has 0 fully saturated rings. The summed E-state index contributed by atoms with van der Waals surface area (Å²) >= 11 is 17.6. The van der Waals surface area contributed by atoms with E-state index in [1.807, 2.05) is 13.8 Å². The third-order valence-electron chi connectivity index (χ3n) is 4.38. The van der Waals surface area contributed by atoms with Gasteiger partial charge in [0.1, 0.15) is 0 Å². The number of hydrogen-bond donors (Lipinski definition) is 8. The highest BCUT2D eigenvalue weighted by Gasteiger charge is 2.40. The molecule has 17 heteroatoms. The number of carbonyl (C=O) groups is 5. The van der Waals surface area contributed by atoms with Crippen molar-refractivity contribution >= 4 is 71.6 Å². The lowest BCUT2D eigenvalue weighted by molar-refractivity contribution is -0.170. The van der Waals surface area contributed by atoms with E-state index in [2.05, 4.69) is 10.6 Å². The third-order valence-corrected chi connectivity index (χ3v) is 5.42. The maximum absolute atomic E-state index is 12.1. The highest BCUT2D eigenvalue weighted by Crippen LogP contribution is 2.28. The van der Waals surface area contributed by atoms with Crippen molar-refractivity contribution in [2.24, 2.45) is 5.92 Å². The first-order valence-electron chi connectivity index (χ1n) is 10.4. The number of carboxylic acid groups (broad SMARTS) is 3. The molecule has 0 saturated heterocycles.